The maximum atomic E-state index is 13.5. The molecular formula is C24H30N4O4S. The van der Waals surface area contributed by atoms with E-state index >= 15 is 0 Å². The first-order valence-corrected chi connectivity index (χ1v) is 13.3. The highest BCUT2D eigenvalue weighted by atomic mass is 32.2. The third-order valence-corrected chi connectivity index (χ3v) is 8.82. The lowest BCUT2D eigenvalue weighted by Gasteiger charge is -2.31. The molecule has 2 atom stereocenters. The van der Waals surface area contributed by atoms with Crippen LogP contribution in [0.1, 0.15) is 41.4 Å². The number of amides is 1. The minimum absolute atomic E-state index is 0.0658. The number of hydrogen-bond donors (Lipinski definition) is 0. The molecule has 2 unspecified atom stereocenters. The average Bonchev–Trinajstić information content (AvgIpc) is 3.50. The van der Waals surface area contributed by atoms with E-state index < -0.39 is 10.8 Å². The highest BCUT2D eigenvalue weighted by Gasteiger charge is 2.38. The van der Waals surface area contributed by atoms with E-state index in [1.807, 2.05) is 29.2 Å². The lowest BCUT2D eigenvalue weighted by Crippen LogP contribution is -2.41. The smallest absolute Gasteiger partial charge is 0.274 e. The molecule has 8 nitrogen and oxygen atoms in total. The summed E-state index contributed by atoms with van der Waals surface area (Å²) in [5.74, 6) is 0.276. The summed E-state index contributed by atoms with van der Waals surface area (Å²) in [5.41, 5.74) is 3.25. The molecule has 0 radical (unpaired) electrons. The molecule has 2 aromatic rings. The van der Waals surface area contributed by atoms with Gasteiger partial charge in [0.25, 0.3) is 5.91 Å². The minimum Gasteiger partial charge on any atom is -0.381 e. The van der Waals surface area contributed by atoms with Crippen molar-refractivity contribution >= 4 is 16.7 Å². The van der Waals surface area contributed by atoms with E-state index in [9.17, 15) is 9.00 Å². The van der Waals surface area contributed by atoms with Gasteiger partial charge in [0.05, 0.1) is 41.5 Å². The van der Waals surface area contributed by atoms with Gasteiger partial charge in [-0.25, -0.2) is 0 Å². The van der Waals surface area contributed by atoms with E-state index in [1.165, 1.54) is 0 Å². The van der Waals surface area contributed by atoms with Crippen LogP contribution in [0.25, 0.3) is 11.3 Å². The summed E-state index contributed by atoms with van der Waals surface area (Å²) in [6.45, 7) is 5.86. The highest BCUT2D eigenvalue weighted by Crippen LogP contribution is 2.41. The molecule has 1 aromatic carbocycles. The van der Waals surface area contributed by atoms with Crippen molar-refractivity contribution in [3.63, 3.8) is 0 Å². The number of hydrogen-bond acceptors (Lipinski definition) is 6. The minimum atomic E-state index is -1.18. The van der Waals surface area contributed by atoms with Crippen molar-refractivity contribution in [2.75, 3.05) is 52.6 Å². The number of nitrogens with zero attached hydrogens (tertiary/aromatic N) is 4. The number of fused-ring (bicyclic) bond motifs is 3. The van der Waals surface area contributed by atoms with E-state index in [4.69, 9.17) is 14.6 Å². The normalized spacial score (nSPS) is 26.2. The van der Waals surface area contributed by atoms with Gasteiger partial charge in [-0.1, -0.05) is 18.2 Å². The average molecular weight is 471 g/mol. The van der Waals surface area contributed by atoms with Gasteiger partial charge in [0.15, 0.2) is 5.69 Å². The second kappa shape index (κ2) is 8.94. The number of ether oxygens (including phenoxy) is 2. The number of carbonyl (C=O) groups is 1. The van der Waals surface area contributed by atoms with Crippen molar-refractivity contribution in [2.45, 2.75) is 42.0 Å². The van der Waals surface area contributed by atoms with Crippen LogP contribution in [0.2, 0.25) is 0 Å². The van der Waals surface area contributed by atoms with Crippen molar-refractivity contribution in [3.05, 3.63) is 35.5 Å². The third kappa shape index (κ3) is 3.84. The largest absolute Gasteiger partial charge is 0.381 e. The predicted octanol–water partition coefficient (Wildman–Crippen LogP) is 2.07. The maximum Gasteiger partial charge on any atom is 0.274 e. The van der Waals surface area contributed by atoms with Crippen LogP contribution < -0.4 is 0 Å². The van der Waals surface area contributed by atoms with Crippen molar-refractivity contribution in [3.8, 4) is 11.3 Å². The molecule has 0 bridgehead atoms. The molecule has 5 heterocycles. The summed E-state index contributed by atoms with van der Waals surface area (Å²) in [5, 5.41) is 4.96. The van der Waals surface area contributed by atoms with Crippen molar-refractivity contribution in [1.29, 1.82) is 0 Å². The van der Waals surface area contributed by atoms with Gasteiger partial charge in [-0.15, -0.1) is 0 Å². The van der Waals surface area contributed by atoms with E-state index in [0.717, 1.165) is 67.3 Å². The van der Waals surface area contributed by atoms with Gasteiger partial charge in [-0.05, 0) is 25.3 Å². The molecule has 6 rings (SSSR count). The van der Waals surface area contributed by atoms with Gasteiger partial charge >= 0.3 is 0 Å². The maximum absolute atomic E-state index is 13.5. The Labute approximate surface area is 196 Å². The third-order valence-electron chi connectivity index (χ3n) is 7.42. The Morgan fingerprint density at radius 3 is 2.55 bits per heavy atom. The highest BCUT2D eigenvalue weighted by molar-refractivity contribution is 7.84. The number of carbonyl (C=O) groups excluding carboxylic acids is 1. The van der Waals surface area contributed by atoms with Crippen LogP contribution in [0.4, 0.5) is 0 Å². The SMILES string of the molecule is O=C(c1nn(C2CCN(C3CCOCC3)C2)c2c1CS(=O)c1ccccc1-2)N1CCOCC1. The molecule has 1 aromatic heterocycles. The van der Waals surface area contributed by atoms with E-state index in [0.29, 0.717) is 43.8 Å². The topological polar surface area (TPSA) is 76.9 Å². The summed E-state index contributed by atoms with van der Waals surface area (Å²) in [6.07, 6.45) is 3.15. The second-order valence-electron chi connectivity index (χ2n) is 9.29. The Morgan fingerprint density at radius 2 is 1.73 bits per heavy atom. The number of rotatable bonds is 3. The Kier molecular flexibility index (Phi) is 5.82. The van der Waals surface area contributed by atoms with Crippen LogP contribution >= 0.6 is 0 Å². The summed E-state index contributed by atoms with van der Waals surface area (Å²) in [4.78, 5) is 18.7. The van der Waals surface area contributed by atoms with E-state index in [-0.39, 0.29) is 11.9 Å². The fourth-order valence-electron chi connectivity index (χ4n) is 5.66. The van der Waals surface area contributed by atoms with Gasteiger partial charge in [0.2, 0.25) is 0 Å². The first-order chi connectivity index (χ1) is 16.2. The van der Waals surface area contributed by atoms with Crippen LogP contribution in [0.15, 0.2) is 29.2 Å². The van der Waals surface area contributed by atoms with Crippen molar-refractivity contribution in [1.82, 2.24) is 19.6 Å². The monoisotopic (exact) mass is 470 g/mol. The van der Waals surface area contributed by atoms with Crippen LogP contribution in [0.5, 0.6) is 0 Å². The van der Waals surface area contributed by atoms with Gasteiger partial charge < -0.3 is 14.4 Å². The molecule has 33 heavy (non-hydrogen) atoms. The predicted molar refractivity (Wildman–Crippen MR) is 124 cm³/mol. The van der Waals surface area contributed by atoms with E-state index in [1.54, 1.807) is 0 Å². The molecule has 1 amide bonds. The molecule has 9 heteroatoms. The number of benzene rings is 1. The Balaban J connectivity index is 1.39. The Hall–Kier alpha value is -2.07. The fourth-order valence-corrected chi connectivity index (χ4v) is 6.99. The summed E-state index contributed by atoms with van der Waals surface area (Å²) < 4.78 is 26.2. The van der Waals surface area contributed by atoms with Gasteiger partial charge in [0, 0.05) is 61.5 Å². The van der Waals surface area contributed by atoms with Crippen LogP contribution in [-0.2, 0) is 26.0 Å². The number of aromatic nitrogens is 2. The molecule has 3 fully saturated rings. The quantitative estimate of drug-likeness (QED) is 0.684. The number of likely N-dealkylation sites (tertiary alicyclic amines) is 1. The zero-order chi connectivity index (χ0) is 22.4. The summed E-state index contributed by atoms with van der Waals surface area (Å²) in [7, 11) is -1.18. The first kappa shape index (κ1) is 21.5. The van der Waals surface area contributed by atoms with Crippen LogP contribution in [-0.4, -0.2) is 88.3 Å². The Morgan fingerprint density at radius 1 is 0.970 bits per heavy atom. The lowest BCUT2D eigenvalue weighted by molar-refractivity contribution is 0.0297. The zero-order valence-corrected chi connectivity index (χ0v) is 19.6. The molecule has 0 spiro atoms. The molecular weight excluding hydrogens is 440 g/mol. The number of morpholine rings is 1. The van der Waals surface area contributed by atoms with Crippen molar-refractivity contribution in [2.24, 2.45) is 0 Å². The van der Waals surface area contributed by atoms with Gasteiger partial charge in [-0.3, -0.25) is 18.6 Å². The van der Waals surface area contributed by atoms with Crippen molar-refractivity contribution < 1.29 is 18.5 Å². The zero-order valence-electron chi connectivity index (χ0n) is 18.8. The molecule has 0 saturated carbocycles. The first-order valence-electron chi connectivity index (χ1n) is 12.0. The van der Waals surface area contributed by atoms with Gasteiger partial charge in [0.1, 0.15) is 0 Å². The van der Waals surface area contributed by atoms with Crippen LogP contribution in [0, 0.1) is 0 Å². The Bertz CT molecular complexity index is 1070. The summed E-state index contributed by atoms with van der Waals surface area (Å²) in [6, 6.07) is 8.65. The van der Waals surface area contributed by atoms with Gasteiger partial charge in [-0.2, -0.15) is 5.10 Å². The molecule has 0 aliphatic carbocycles. The fraction of sp³-hybridized carbons (Fsp3) is 0.583. The second-order valence-corrected chi connectivity index (χ2v) is 10.7. The standard InChI is InChI=1S/C24H30N4O4S/c29-24(26-9-13-32-14-10-26)22-20-16-33(30)21-4-2-1-3-19(21)23(20)28(25-22)18-5-8-27(15-18)17-6-11-31-12-7-17/h1-4,17-18H,5-16H2. The van der Waals surface area contributed by atoms with E-state index in [2.05, 4.69) is 9.58 Å². The van der Waals surface area contributed by atoms with Crippen LogP contribution in [0.3, 0.4) is 0 Å². The molecule has 0 N–H and O–H groups in total. The molecule has 176 valence electrons. The lowest BCUT2D eigenvalue weighted by atomic mass is 10.0. The molecule has 4 aliphatic rings. The molecule has 4 aliphatic heterocycles. The summed E-state index contributed by atoms with van der Waals surface area (Å²) >= 11 is 0. The molecule has 3 saturated heterocycles.